The van der Waals surface area contributed by atoms with Gasteiger partial charge in [-0.25, -0.2) is 29.9 Å². The highest BCUT2D eigenvalue weighted by Crippen LogP contribution is 2.34. The number of aromatic nitrogens is 6. The molecule has 0 amide bonds. The molecule has 0 fully saturated rings. The van der Waals surface area contributed by atoms with Gasteiger partial charge in [0.25, 0.3) is 5.78 Å². The first-order valence-corrected chi connectivity index (χ1v) is 24.2. The van der Waals surface area contributed by atoms with E-state index in [4.69, 9.17) is 48.9 Å². The number of hydrogen-bond acceptors (Lipinski definition) is 11. The van der Waals surface area contributed by atoms with Crippen LogP contribution in [0.5, 0.6) is 46.0 Å². The van der Waals surface area contributed by atoms with Crippen LogP contribution in [0.3, 0.4) is 0 Å². The second-order valence-electron chi connectivity index (χ2n) is 18.8. The minimum absolute atomic E-state index is 0.187. The van der Waals surface area contributed by atoms with Crippen LogP contribution in [-0.4, -0.2) is 35.7 Å². The Morgan fingerprint density at radius 3 is 0.703 bits per heavy atom. The minimum Gasteiger partial charge on any atom is -0.457 e. The highest BCUT2D eigenvalue weighted by Gasteiger charge is 2.24. The second kappa shape index (κ2) is 20.8. The molecule has 2 heterocycles. The first-order chi connectivity index (χ1) is 35.7. The molecule has 10 aromatic rings. The highest BCUT2D eigenvalue weighted by atomic mass is 16.5. The average Bonchev–Trinajstić information content (AvgIpc) is 3.35. The van der Waals surface area contributed by atoms with Gasteiger partial charge in [-0.1, -0.05) is 72.8 Å². The van der Waals surface area contributed by atoms with Gasteiger partial charge in [0, 0.05) is 22.3 Å². The Morgan fingerprint density at radius 2 is 0.486 bits per heavy atom. The van der Waals surface area contributed by atoms with Crippen LogP contribution in [-0.2, 0) is 0 Å². The lowest BCUT2D eigenvalue weighted by molar-refractivity contribution is 0.101. The molecule has 0 bridgehead atoms. The molecule has 0 saturated heterocycles. The molecule has 0 saturated carbocycles. The average molecular weight is 973 g/mol. The predicted octanol–water partition coefficient (Wildman–Crippen LogP) is 15.6. The standard InChI is InChI=1S/C63H52N6O5/c1-37-21-38(2)26-53(25-37)71-49-17-9-13-45(33-49)58-64-59(46-14-10-18-50(34-46)72-54-27-39(3)22-40(4)28-54)67-62(66-58)57(70)63-68-60(47-15-11-19-51(35-47)73-55-29-41(5)23-42(6)30-55)65-61(69-63)48-16-12-20-52(36-48)74-56-31-43(7)24-44(8)32-56/h9-36H,1-8H3. The number of carbonyl (C=O) groups is 1. The topological polar surface area (TPSA) is 131 Å². The fourth-order valence-electron chi connectivity index (χ4n) is 8.88. The number of rotatable bonds is 14. The summed E-state index contributed by atoms with van der Waals surface area (Å²) in [4.78, 5) is 44.6. The predicted molar refractivity (Wildman–Crippen MR) is 289 cm³/mol. The monoisotopic (exact) mass is 972 g/mol. The van der Waals surface area contributed by atoms with E-state index in [9.17, 15) is 0 Å². The molecule has 0 radical (unpaired) electrons. The second-order valence-corrected chi connectivity index (χ2v) is 18.8. The number of hydrogen-bond donors (Lipinski definition) is 0. The Hall–Kier alpha value is -9.35. The van der Waals surface area contributed by atoms with E-state index in [1.165, 1.54) is 0 Å². The first-order valence-electron chi connectivity index (χ1n) is 24.2. The SMILES string of the molecule is Cc1cc(C)cc(Oc2cccc(-c3nc(C(=O)c4nc(-c5cccc(Oc6cc(C)cc(C)c6)c5)nc(-c5cccc(Oc6cc(C)cc(C)c6)c5)n4)nc(-c4cccc(Oc5cc(C)cc(C)c5)c4)n3)c2)c1. The van der Waals surface area contributed by atoms with Crippen LogP contribution in [0.25, 0.3) is 45.6 Å². The molecule has 0 spiro atoms. The maximum Gasteiger partial charge on any atom is 0.267 e. The van der Waals surface area contributed by atoms with Gasteiger partial charge in [-0.05, 0) is 197 Å². The van der Waals surface area contributed by atoms with Crippen LogP contribution >= 0.6 is 0 Å². The minimum atomic E-state index is -0.657. The number of benzene rings is 8. The van der Waals surface area contributed by atoms with E-state index in [0.29, 0.717) is 68.2 Å². The number of ether oxygens (including phenoxy) is 4. The van der Waals surface area contributed by atoms with E-state index in [1.54, 1.807) is 0 Å². The zero-order valence-electron chi connectivity index (χ0n) is 42.4. The van der Waals surface area contributed by atoms with E-state index in [-0.39, 0.29) is 34.9 Å². The van der Waals surface area contributed by atoms with E-state index in [2.05, 4.69) is 24.3 Å². The van der Waals surface area contributed by atoms with Gasteiger partial charge >= 0.3 is 0 Å². The van der Waals surface area contributed by atoms with Crippen molar-refractivity contribution in [3.8, 4) is 91.5 Å². The van der Waals surface area contributed by atoms with Gasteiger partial charge in [-0.3, -0.25) is 4.79 Å². The number of nitrogens with zero attached hydrogens (tertiary/aromatic N) is 6. The van der Waals surface area contributed by atoms with E-state index >= 15 is 4.79 Å². The molecule has 0 atom stereocenters. The molecule has 10 rings (SSSR count). The summed E-state index contributed by atoms with van der Waals surface area (Å²) >= 11 is 0. The van der Waals surface area contributed by atoms with Crippen LogP contribution in [0.2, 0.25) is 0 Å². The summed E-state index contributed by atoms with van der Waals surface area (Å²) in [5, 5.41) is 0. The van der Waals surface area contributed by atoms with Crippen molar-refractivity contribution in [1.82, 2.24) is 29.9 Å². The molecular weight excluding hydrogens is 921 g/mol. The van der Waals surface area contributed by atoms with Crippen molar-refractivity contribution in [2.24, 2.45) is 0 Å². The molecule has 0 unspecified atom stereocenters. The Kier molecular flexibility index (Phi) is 13.6. The van der Waals surface area contributed by atoms with Gasteiger partial charge in [0.2, 0.25) is 11.6 Å². The van der Waals surface area contributed by atoms with Gasteiger partial charge in [0.05, 0.1) is 0 Å². The smallest absolute Gasteiger partial charge is 0.267 e. The summed E-state index contributed by atoms with van der Waals surface area (Å²) in [6.45, 7) is 16.2. The Morgan fingerprint density at radius 1 is 0.270 bits per heavy atom. The third-order valence-electron chi connectivity index (χ3n) is 11.8. The summed E-state index contributed by atoms with van der Waals surface area (Å²) in [6, 6.07) is 53.8. The van der Waals surface area contributed by atoms with Gasteiger partial charge in [0.15, 0.2) is 23.3 Å². The van der Waals surface area contributed by atoms with Gasteiger partial charge in [0.1, 0.15) is 46.0 Å². The summed E-state index contributed by atoms with van der Waals surface area (Å²) in [5.74, 6) is 4.90. The maximum atomic E-state index is 15.3. The highest BCUT2D eigenvalue weighted by molar-refractivity contribution is 6.04. The molecule has 2 aromatic heterocycles. The Labute approximate surface area is 430 Å². The van der Waals surface area contributed by atoms with Crippen molar-refractivity contribution >= 4 is 5.78 Å². The molecule has 11 nitrogen and oxygen atoms in total. The lowest BCUT2D eigenvalue weighted by atomic mass is 10.1. The number of carbonyl (C=O) groups excluding carboxylic acids is 1. The summed E-state index contributed by atoms with van der Waals surface area (Å²) in [5.41, 5.74) is 11.0. The third-order valence-corrected chi connectivity index (χ3v) is 11.8. The van der Waals surface area contributed by atoms with Crippen molar-refractivity contribution in [3.63, 3.8) is 0 Å². The summed E-state index contributed by atoms with van der Waals surface area (Å²) in [6.07, 6.45) is 0. The van der Waals surface area contributed by atoms with Crippen LogP contribution in [0.1, 0.15) is 61.0 Å². The largest absolute Gasteiger partial charge is 0.457 e. The molecule has 0 aliphatic rings. The van der Waals surface area contributed by atoms with Crippen molar-refractivity contribution < 1.29 is 23.7 Å². The molecule has 8 aromatic carbocycles. The van der Waals surface area contributed by atoms with Gasteiger partial charge < -0.3 is 18.9 Å². The lowest BCUT2D eigenvalue weighted by Gasteiger charge is -2.12. The Balaban J connectivity index is 1.09. The molecule has 74 heavy (non-hydrogen) atoms. The number of ketones is 1. The summed E-state index contributed by atoms with van der Waals surface area (Å²) < 4.78 is 25.5. The molecule has 364 valence electrons. The van der Waals surface area contributed by atoms with E-state index < -0.39 is 5.78 Å². The van der Waals surface area contributed by atoms with Gasteiger partial charge in [-0.2, -0.15) is 0 Å². The van der Waals surface area contributed by atoms with Crippen LogP contribution in [0.15, 0.2) is 170 Å². The normalized spacial score (nSPS) is 11.0. The lowest BCUT2D eigenvalue weighted by Crippen LogP contribution is -2.15. The molecule has 0 aliphatic carbocycles. The Bertz CT molecular complexity index is 3220. The van der Waals surface area contributed by atoms with Crippen LogP contribution < -0.4 is 18.9 Å². The fraction of sp³-hybridized carbons (Fsp3) is 0.127. The molecular formula is C63H52N6O5. The quantitative estimate of drug-likeness (QED) is 0.0965. The third kappa shape index (κ3) is 11.7. The first kappa shape index (κ1) is 48.3. The molecule has 11 heteroatoms. The van der Waals surface area contributed by atoms with Crippen LogP contribution in [0, 0.1) is 55.4 Å². The maximum absolute atomic E-state index is 15.3. The van der Waals surface area contributed by atoms with Crippen molar-refractivity contribution in [2.45, 2.75) is 55.4 Å². The zero-order valence-corrected chi connectivity index (χ0v) is 42.4. The fourth-order valence-corrected chi connectivity index (χ4v) is 8.88. The van der Waals surface area contributed by atoms with Crippen molar-refractivity contribution in [1.29, 1.82) is 0 Å². The van der Waals surface area contributed by atoms with Gasteiger partial charge in [-0.15, -0.1) is 0 Å². The molecule has 0 N–H and O–H groups in total. The molecule has 0 aliphatic heterocycles. The van der Waals surface area contributed by atoms with E-state index in [1.807, 2.05) is 201 Å². The number of aryl methyl sites for hydroxylation is 8. The van der Waals surface area contributed by atoms with Crippen molar-refractivity contribution in [2.75, 3.05) is 0 Å². The van der Waals surface area contributed by atoms with Crippen LogP contribution in [0.4, 0.5) is 0 Å². The zero-order chi connectivity index (χ0) is 51.5. The summed E-state index contributed by atoms with van der Waals surface area (Å²) in [7, 11) is 0. The van der Waals surface area contributed by atoms with Crippen molar-refractivity contribution in [3.05, 3.63) is 226 Å². The van der Waals surface area contributed by atoms with E-state index in [0.717, 1.165) is 44.5 Å².